The summed E-state index contributed by atoms with van der Waals surface area (Å²) in [6, 6.07) is 3.67. The molecule has 102 valence electrons. The zero-order valence-corrected chi connectivity index (χ0v) is 11.8. The first-order valence-corrected chi connectivity index (χ1v) is 6.38. The number of hydrogen-bond donors (Lipinski definition) is 1. The van der Waals surface area contributed by atoms with Gasteiger partial charge in [0, 0.05) is 12.1 Å². The van der Waals surface area contributed by atoms with E-state index in [1.807, 2.05) is 12.1 Å². The molecule has 2 aromatic rings. The van der Waals surface area contributed by atoms with E-state index < -0.39 is 0 Å². The summed E-state index contributed by atoms with van der Waals surface area (Å²) in [6.45, 7) is 0.377. The molecule has 2 rings (SSSR count). The molecule has 0 saturated heterocycles. The lowest BCUT2D eigenvalue weighted by Crippen LogP contribution is -1.95. The van der Waals surface area contributed by atoms with Crippen LogP contribution >= 0.6 is 11.3 Å². The molecule has 0 aliphatic rings. The molecule has 0 aliphatic heterocycles. The Balaban J connectivity index is 2.51. The number of ether oxygens (including phenoxy) is 3. The number of aromatic nitrogens is 2. The summed E-state index contributed by atoms with van der Waals surface area (Å²) >= 11 is 1.44. The molecule has 7 heteroatoms. The van der Waals surface area contributed by atoms with Crippen LogP contribution in [0.25, 0.3) is 10.6 Å². The van der Waals surface area contributed by atoms with Gasteiger partial charge in [-0.15, -0.1) is 10.2 Å². The topological polar surface area (TPSA) is 79.5 Å². The van der Waals surface area contributed by atoms with Crippen molar-refractivity contribution < 1.29 is 14.2 Å². The van der Waals surface area contributed by atoms with E-state index in [1.165, 1.54) is 11.3 Å². The van der Waals surface area contributed by atoms with E-state index in [9.17, 15) is 0 Å². The fourth-order valence-corrected chi connectivity index (χ4v) is 2.36. The molecule has 0 bridgehead atoms. The lowest BCUT2D eigenvalue weighted by atomic mass is 10.2. The first kappa shape index (κ1) is 13.6. The molecule has 0 saturated carbocycles. The van der Waals surface area contributed by atoms with Gasteiger partial charge in [-0.1, -0.05) is 11.3 Å². The van der Waals surface area contributed by atoms with Crippen LogP contribution in [0.5, 0.6) is 17.2 Å². The van der Waals surface area contributed by atoms with Gasteiger partial charge in [-0.2, -0.15) is 0 Å². The first-order valence-electron chi connectivity index (χ1n) is 5.56. The van der Waals surface area contributed by atoms with Crippen LogP contribution in [-0.4, -0.2) is 31.5 Å². The second-order valence-corrected chi connectivity index (χ2v) is 4.68. The molecular weight excluding hydrogens is 266 g/mol. The minimum atomic E-state index is 0.377. The van der Waals surface area contributed by atoms with Crippen LogP contribution in [0.4, 0.5) is 0 Å². The number of nitrogens with two attached hydrogens (primary N) is 1. The predicted octanol–water partition coefficient (Wildman–Crippen LogP) is 1.69. The highest BCUT2D eigenvalue weighted by atomic mass is 32.1. The van der Waals surface area contributed by atoms with Crippen LogP contribution in [0.15, 0.2) is 12.1 Å². The maximum Gasteiger partial charge on any atom is 0.203 e. The molecule has 1 heterocycles. The summed E-state index contributed by atoms with van der Waals surface area (Å²) in [5.74, 6) is 1.72. The predicted molar refractivity (Wildman–Crippen MR) is 72.9 cm³/mol. The van der Waals surface area contributed by atoms with E-state index in [4.69, 9.17) is 19.9 Å². The third-order valence-corrected chi connectivity index (χ3v) is 3.55. The normalized spacial score (nSPS) is 10.3. The van der Waals surface area contributed by atoms with E-state index in [0.717, 1.165) is 15.6 Å². The van der Waals surface area contributed by atoms with Gasteiger partial charge in [-0.05, 0) is 12.1 Å². The van der Waals surface area contributed by atoms with Crippen molar-refractivity contribution in [3.8, 4) is 27.8 Å². The second-order valence-electron chi connectivity index (χ2n) is 3.62. The second kappa shape index (κ2) is 5.85. The summed E-state index contributed by atoms with van der Waals surface area (Å²) < 4.78 is 15.9. The van der Waals surface area contributed by atoms with Crippen LogP contribution in [0, 0.1) is 0 Å². The Labute approximate surface area is 115 Å². The Morgan fingerprint density at radius 2 is 1.68 bits per heavy atom. The van der Waals surface area contributed by atoms with E-state index >= 15 is 0 Å². The Kier molecular flexibility index (Phi) is 4.18. The fraction of sp³-hybridized carbons (Fsp3) is 0.333. The third-order valence-electron chi connectivity index (χ3n) is 2.55. The zero-order valence-electron chi connectivity index (χ0n) is 11.0. The van der Waals surface area contributed by atoms with Gasteiger partial charge in [0.2, 0.25) is 5.75 Å². The lowest BCUT2D eigenvalue weighted by Gasteiger charge is -2.13. The zero-order chi connectivity index (χ0) is 13.8. The van der Waals surface area contributed by atoms with Crippen molar-refractivity contribution in [2.75, 3.05) is 21.3 Å². The quantitative estimate of drug-likeness (QED) is 0.898. The van der Waals surface area contributed by atoms with Crippen molar-refractivity contribution in [2.24, 2.45) is 5.73 Å². The molecule has 0 unspecified atom stereocenters. The van der Waals surface area contributed by atoms with Gasteiger partial charge in [0.15, 0.2) is 11.5 Å². The molecule has 0 atom stereocenters. The molecular formula is C12H15N3O3S. The minimum absolute atomic E-state index is 0.377. The summed E-state index contributed by atoms with van der Waals surface area (Å²) in [5, 5.41) is 9.64. The van der Waals surface area contributed by atoms with Crippen LogP contribution in [-0.2, 0) is 6.54 Å². The summed E-state index contributed by atoms with van der Waals surface area (Å²) in [5.41, 5.74) is 6.39. The molecule has 0 radical (unpaired) electrons. The summed E-state index contributed by atoms with van der Waals surface area (Å²) in [6.07, 6.45) is 0. The maximum absolute atomic E-state index is 5.54. The first-order chi connectivity index (χ1) is 9.23. The van der Waals surface area contributed by atoms with Gasteiger partial charge in [-0.3, -0.25) is 0 Å². The maximum atomic E-state index is 5.54. The molecule has 1 aromatic heterocycles. The van der Waals surface area contributed by atoms with Crippen LogP contribution in [0.1, 0.15) is 5.01 Å². The Morgan fingerprint density at radius 3 is 2.11 bits per heavy atom. The number of benzene rings is 1. The number of methoxy groups -OCH3 is 3. The van der Waals surface area contributed by atoms with Crippen molar-refractivity contribution >= 4 is 11.3 Å². The molecule has 1 aromatic carbocycles. The highest BCUT2D eigenvalue weighted by Gasteiger charge is 2.16. The van der Waals surface area contributed by atoms with Gasteiger partial charge in [0.05, 0.1) is 21.3 Å². The summed E-state index contributed by atoms with van der Waals surface area (Å²) in [7, 11) is 4.72. The molecule has 19 heavy (non-hydrogen) atoms. The highest BCUT2D eigenvalue weighted by Crippen LogP contribution is 2.41. The monoisotopic (exact) mass is 281 g/mol. The third kappa shape index (κ3) is 2.61. The van der Waals surface area contributed by atoms with Gasteiger partial charge >= 0.3 is 0 Å². The molecule has 2 N–H and O–H groups in total. The van der Waals surface area contributed by atoms with Gasteiger partial charge in [-0.25, -0.2) is 0 Å². The minimum Gasteiger partial charge on any atom is -0.493 e. The van der Waals surface area contributed by atoms with Gasteiger partial charge < -0.3 is 19.9 Å². The van der Waals surface area contributed by atoms with Crippen molar-refractivity contribution in [1.29, 1.82) is 0 Å². The largest absolute Gasteiger partial charge is 0.493 e. The molecule has 6 nitrogen and oxygen atoms in total. The number of hydrogen-bond acceptors (Lipinski definition) is 7. The van der Waals surface area contributed by atoms with Crippen LogP contribution < -0.4 is 19.9 Å². The SMILES string of the molecule is COc1cc(-c2nnc(CN)s2)cc(OC)c1OC. The lowest BCUT2D eigenvalue weighted by molar-refractivity contribution is 0.324. The van der Waals surface area contributed by atoms with Crippen molar-refractivity contribution in [3.63, 3.8) is 0 Å². The van der Waals surface area contributed by atoms with Crippen molar-refractivity contribution in [2.45, 2.75) is 6.54 Å². The standard InChI is InChI=1S/C12H15N3O3S/c1-16-8-4-7(5-9(17-2)11(8)18-3)12-15-14-10(6-13)19-12/h4-5H,6,13H2,1-3H3. The smallest absolute Gasteiger partial charge is 0.203 e. The Morgan fingerprint density at radius 1 is 1.05 bits per heavy atom. The van der Waals surface area contributed by atoms with E-state index in [0.29, 0.717) is 23.8 Å². The Bertz CT molecular complexity index is 546. The molecule has 0 aliphatic carbocycles. The van der Waals surface area contributed by atoms with Crippen molar-refractivity contribution in [3.05, 3.63) is 17.1 Å². The Hall–Kier alpha value is -1.86. The van der Waals surface area contributed by atoms with Gasteiger partial charge in [0.25, 0.3) is 0 Å². The van der Waals surface area contributed by atoms with E-state index in [1.54, 1.807) is 21.3 Å². The van der Waals surface area contributed by atoms with Gasteiger partial charge in [0.1, 0.15) is 10.0 Å². The molecule has 0 amide bonds. The summed E-state index contributed by atoms with van der Waals surface area (Å²) in [4.78, 5) is 0. The van der Waals surface area contributed by atoms with Crippen LogP contribution in [0.3, 0.4) is 0 Å². The average molecular weight is 281 g/mol. The fourth-order valence-electron chi connectivity index (χ4n) is 1.66. The average Bonchev–Trinajstić information content (AvgIpc) is 2.94. The molecule has 0 fully saturated rings. The van der Waals surface area contributed by atoms with Crippen LogP contribution in [0.2, 0.25) is 0 Å². The van der Waals surface area contributed by atoms with E-state index in [2.05, 4.69) is 10.2 Å². The van der Waals surface area contributed by atoms with Crippen molar-refractivity contribution in [1.82, 2.24) is 10.2 Å². The van der Waals surface area contributed by atoms with E-state index in [-0.39, 0.29) is 0 Å². The number of rotatable bonds is 5. The number of nitrogens with zero attached hydrogens (tertiary/aromatic N) is 2. The highest BCUT2D eigenvalue weighted by molar-refractivity contribution is 7.14. The molecule has 0 spiro atoms.